The zero-order valence-corrected chi connectivity index (χ0v) is 18.9. The second-order valence-electron chi connectivity index (χ2n) is 9.20. The van der Waals surface area contributed by atoms with Gasteiger partial charge in [-0.1, -0.05) is 65.8 Å². The van der Waals surface area contributed by atoms with Crippen LogP contribution < -0.4 is 20.3 Å². The molecule has 2 amide bonds. The molecule has 30 heavy (non-hydrogen) atoms. The van der Waals surface area contributed by atoms with Crippen molar-refractivity contribution in [1.82, 2.24) is 10.9 Å². The van der Waals surface area contributed by atoms with Crippen molar-refractivity contribution in [2.75, 3.05) is 13.7 Å². The number of para-hydroxylation sites is 1. The predicted molar refractivity (Wildman–Crippen MR) is 118 cm³/mol. The average molecular weight is 413 g/mol. The van der Waals surface area contributed by atoms with Gasteiger partial charge in [0.05, 0.1) is 12.7 Å². The molecule has 2 aromatic carbocycles. The summed E-state index contributed by atoms with van der Waals surface area (Å²) < 4.78 is 10.9. The first-order chi connectivity index (χ1) is 13.9. The van der Waals surface area contributed by atoms with E-state index in [-0.39, 0.29) is 17.4 Å². The van der Waals surface area contributed by atoms with Gasteiger partial charge in [0.2, 0.25) is 0 Å². The van der Waals surface area contributed by atoms with E-state index in [2.05, 4.69) is 58.5 Å². The molecule has 0 radical (unpaired) electrons. The number of carbonyl (C=O) groups is 2. The molecule has 2 rings (SSSR count). The van der Waals surface area contributed by atoms with Crippen LogP contribution in [-0.2, 0) is 15.6 Å². The molecule has 6 nitrogen and oxygen atoms in total. The number of benzene rings is 2. The average Bonchev–Trinajstić information content (AvgIpc) is 2.68. The summed E-state index contributed by atoms with van der Waals surface area (Å²) in [5.41, 5.74) is 7.19. The molecular formula is C24H32N2O4. The Hall–Kier alpha value is -3.02. The summed E-state index contributed by atoms with van der Waals surface area (Å²) in [5.74, 6) is 0.152. The van der Waals surface area contributed by atoms with Crippen LogP contribution in [0.5, 0.6) is 11.5 Å². The molecule has 0 fully saturated rings. The molecule has 0 heterocycles. The van der Waals surface area contributed by atoms with E-state index in [4.69, 9.17) is 9.47 Å². The Morgan fingerprint density at radius 1 is 0.867 bits per heavy atom. The summed E-state index contributed by atoms with van der Waals surface area (Å²) in [6.45, 7) is 12.6. The van der Waals surface area contributed by atoms with E-state index in [0.29, 0.717) is 17.1 Å². The van der Waals surface area contributed by atoms with Gasteiger partial charge in [0.15, 0.2) is 6.61 Å². The molecule has 0 saturated carbocycles. The normalized spacial score (nSPS) is 11.6. The number of carbonyl (C=O) groups excluding carboxylic acids is 2. The quantitative estimate of drug-likeness (QED) is 0.724. The number of nitrogens with one attached hydrogen (secondary N) is 2. The van der Waals surface area contributed by atoms with E-state index in [0.717, 1.165) is 5.56 Å². The van der Waals surface area contributed by atoms with E-state index in [9.17, 15) is 9.59 Å². The lowest BCUT2D eigenvalue weighted by atomic mass is 9.80. The van der Waals surface area contributed by atoms with Crippen molar-refractivity contribution >= 4 is 11.8 Å². The SMILES string of the molecule is COc1ccccc1C(=O)NNC(=O)COc1ccc(C(C)(C)C)cc1C(C)(C)C. The largest absolute Gasteiger partial charge is 0.496 e. The Morgan fingerprint density at radius 3 is 2.13 bits per heavy atom. The highest BCUT2D eigenvalue weighted by Crippen LogP contribution is 2.35. The van der Waals surface area contributed by atoms with E-state index in [1.807, 2.05) is 12.1 Å². The summed E-state index contributed by atoms with van der Waals surface area (Å²) in [7, 11) is 1.48. The summed E-state index contributed by atoms with van der Waals surface area (Å²) >= 11 is 0. The highest BCUT2D eigenvalue weighted by atomic mass is 16.5. The Labute approximate surface area is 178 Å². The van der Waals surface area contributed by atoms with Gasteiger partial charge in [-0.2, -0.15) is 0 Å². The lowest BCUT2D eigenvalue weighted by molar-refractivity contribution is -0.123. The Kier molecular flexibility index (Phi) is 7.13. The van der Waals surface area contributed by atoms with Crippen molar-refractivity contribution in [3.63, 3.8) is 0 Å². The van der Waals surface area contributed by atoms with Crippen molar-refractivity contribution in [3.8, 4) is 11.5 Å². The molecule has 0 saturated heterocycles. The fourth-order valence-electron chi connectivity index (χ4n) is 2.91. The number of methoxy groups -OCH3 is 1. The number of amides is 2. The Bertz CT molecular complexity index is 908. The van der Waals surface area contributed by atoms with Crippen LogP contribution in [0.4, 0.5) is 0 Å². The van der Waals surface area contributed by atoms with Crippen LogP contribution >= 0.6 is 0 Å². The van der Waals surface area contributed by atoms with Gasteiger partial charge < -0.3 is 9.47 Å². The van der Waals surface area contributed by atoms with Crippen LogP contribution in [-0.4, -0.2) is 25.5 Å². The van der Waals surface area contributed by atoms with Gasteiger partial charge >= 0.3 is 0 Å². The summed E-state index contributed by atoms with van der Waals surface area (Å²) in [6.07, 6.45) is 0. The number of hydrazine groups is 1. The topological polar surface area (TPSA) is 76.7 Å². The minimum Gasteiger partial charge on any atom is -0.496 e. The smallest absolute Gasteiger partial charge is 0.276 e. The van der Waals surface area contributed by atoms with Crippen molar-refractivity contribution < 1.29 is 19.1 Å². The maximum absolute atomic E-state index is 12.3. The number of hydrogen-bond donors (Lipinski definition) is 2. The van der Waals surface area contributed by atoms with Crippen LogP contribution in [0.3, 0.4) is 0 Å². The van der Waals surface area contributed by atoms with Gasteiger partial charge in [-0.05, 0) is 40.2 Å². The third-order valence-electron chi connectivity index (χ3n) is 4.68. The maximum Gasteiger partial charge on any atom is 0.276 e. The number of rotatable bonds is 5. The molecule has 0 spiro atoms. The van der Waals surface area contributed by atoms with Crippen LogP contribution in [0.25, 0.3) is 0 Å². The van der Waals surface area contributed by atoms with Gasteiger partial charge in [-0.25, -0.2) is 0 Å². The Morgan fingerprint density at radius 2 is 1.53 bits per heavy atom. The minimum absolute atomic E-state index is 0.0126. The van der Waals surface area contributed by atoms with Crippen molar-refractivity contribution in [2.45, 2.75) is 52.4 Å². The first-order valence-corrected chi connectivity index (χ1v) is 9.93. The van der Waals surface area contributed by atoms with Gasteiger partial charge in [0, 0.05) is 0 Å². The van der Waals surface area contributed by atoms with Gasteiger partial charge in [-0.15, -0.1) is 0 Å². The van der Waals surface area contributed by atoms with Gasteiger partial charge in [-0.3, -0.25) is 20.4 Å². The standard InChI is InChI=1S/C24H32N2O4/c1-23(2,3)16-12-13-20(18(14-16)24(4,5)6)30-15-21(27)25-26-22(28)17-10-8-9-11-19(17)29-7/h8-14H,15H2,1-7H3,(H,25,27)(H,26,28). The van der Waals surface area contributed by atoms with Crippen LogP contribution in [0.15, 0.2) is 42.5 Å². The fourth-order valence-corrected chi connectivity index (χ4v) is 2.91. The molecule has 0 atom stereocenters. The van der Waals surface area contributed by atoms with Crippen molar-refractivity contribution in [2.24, 2.45) is 0 Å². The molecule has 2 N–H and O–H groups in total. The lowest BCUT2D eigenvalue weighted by Crippen LogP contribution is -2.44. The van der Waals surface area contributed by atoms with Crippen LogP contribution in [0.1, 0.15) is 63.0 Å². The van der Waals surface area contributed by atoms with E-state index in [1.54, 1.807) is 24.3 Å². The minimum atomic E-state index is -0.467. The third-order valence-corrected chi connectivity index (χ3v) is 4.68. The second-order valence-corrected chi connectivity index (χ2v) is 9.20. The Balaban J connectivity index is 2.03. The predicted octanol–water partition coefficient (Wildman–Crippen LogP) is 4.13. The van der Waals surface area contributed by atoms with Crippen LogP contribution in [0, 0.1) is 0 Å². The zero-order chi connectivity index (χ0) is 22.5. The molecule has 0 aromatic heterocycles. The maximum atomic E-state index is 12.3. The third kappa shape index (κ3) is 5.99. The molecule has 0 aliphatic rings. The van der Waals surface area contributed by atoms with E-state index >= 15 is 0 Å². The van der Waals surface area contributed by atoms with Crippen molar-refractivity contribution in [3.05, 3.63) is 59.2 Å². The highest BCUT2D eigenvalue weighted by molar-refractivity contribution is 5.97. The number of hydrogen-bond acceptors (Lipinski definition) is 4. The molecule has 162 valence electrons. The summed E-state index contributed by atoms with van der Waals surface area (Å²) in [5, 5.41) is 0. The molecule has 0 aliphatic heterocycles. The van der Waals surface area contributed by atoms with Crippen LogP contribution in [0.2, 0.25) is 0 Å². The van der Waals surface area contributed by atoms with Gasteiger partial charge in [0.1, 0.15) is 11.5 Å². The van der Waals surface area contributed by atoms with E-state index in [1.165, 1.54) is 12.7 Å². The van der Waals surface area contributed by atoms with E-state index < -0.39 is 11.8 Å². The van der Waals surface area contributed by atoms with Crippen molar-refractivity contribution in [1.29, 1.82) is 0 Å². The first kappa shape index (κ1) is 23.3. The molecule has 0 aliphatic carbocycles. The highest BCUT2D eigenvalue weighted by Gasteiger charge is 2.23. The summed E-state index contributed by atoms with van der Waals surface area (Å²) in [4.78, 5) is 24.5. The fraction of sp³-hybridized carbons (Fsp3) is 0.417. The molecular weight excluding hydrogens is 380 g/mol. The zero-order valence-electron chi connectivity index (χ0n) is 18.9. The monoisotopic (exact) mass is 412 g/mol. The molecule has 0 unspecified atom stereocenters. The molecule has 0 bridgehead atoms. The second kappa shape index (κ2) is 9.20. The summed E-state index contributed by atoms with van der Waals surface area (Å²) in [6, 6.07) is 12.8. The van der Waals surface area contributed by atoms with Gasteiger partial charge in [0.25, 0.3) is 11.8 Å². The molecule has 6 heteroatoms. The first-order valence-electron chi connectivity index (χ1n) is 9.93. The number of ether oxygens (including phenoxy) is 2. The molecule has 2 aromatic rings. The lowest BCUT2D eigenvalue weighted by Gasteiger charge is -2.27.